The monoisotopic (exact) mass is 285 g/mol. The van der Waals surface area contributed by atoms with Gasteiger partial charge in [0, 0.05) is 39.5 Å². The quantitative estimate of drug-likeness (QED) is 0.472. The number of unbranched alkanes of at least 4 members (excludes halogenated alkanes) is 2. The zero-order valence-corrected chi connectivity index (χ0v) is 12.9. The number of benzene rings is 2. The summed E-state index contributed by atoms with van der Waals surface area (Å²) < 4.78 is 2.39. The van der Waals surface area contributed by atoms with Gasteiger partial charge in [-0.15, -0.1) is 12.8 Å². The second-order valence-electron chi connectivity index (χ2n) is 5.61. The molecule has 0 saturated carbocycles. The van der Waals surface area contributed by atoms with Gasteiger partial charge >= 0.3 is 0 Å². The van der Waals surface area contributed by atoms with Gasteiger partial charge in [0.25, 0.3) is 0 Å². The van der Waals surface area contributed by atoms with E-state index in [4.69, 9.17) is 12.8 Å². The summed E-state index contributed by atoms with van der Waals surface area (Å²) in [5.41, 5.74) is 4.29. The molecule has 1 heteroatoms. The number of rotatable bonds is 4. The SMILES string of the molecule is C#Cc1ccc2c(c1)c1cc(C#C)ccc1n2CCCCC. The normalized spacial score (nSPS) is 10.7. The van der Waals surface area contributed by atoms with Gasteiger partial charge in [0.05, 0.1) is 0 Å². The minimum Gasteiger partial charge on any atom is -0.340 e. The smallest absolute Gasteiger partial charge is 0.0492 e. The molecule has 1 aromatic heterocycles. The Labute approximate surface area is 131 Å². The maximum atomic E-state index is 5.56. The largest absolute Gasteiger partial charge is 0.340 e. The van der Waals surface area contributed by atoms with Crippen LogP contribution in [0.3, 0.4) is 0 Å². The number of hydrogen-bond donors (Lipinski definition) is 0. The highest BCUT2D eigenvalue weighted by Crippen LogP contribution is 2.31. The van der Waals surface area contributed by atoms with Gasteiger partial charge in [-0.05, 0) is 42.8 Å². The van der Waals surface area contributed by atoms with Crippen molar-refractivity contribution in [1.82, 2.24) is 4.57 Å². The Morgan fingerprint density at radius 2 is 1.41 bits per heavy atom. The van der Waals surface area contributed by atoms with Crippen molar-refractivity contribution in [3.8, 4) is 24.7 Å². The van der Waals surface area contributed by atoms with Crippen LogP contribution in [0.25, 0.3) is 21.8 Å². The van der Waals surface area contributed by atoms with E-state index in [2.05, 4.69) is 47.6 Å². The number of terminal acetylenes is 2. The Hall–Kier alpha value is -2.64. The average molecular weight is 285 g/mol. The Kier molecular flexibility index (Phi) is 3.90. The van der Waals surface area contributed by atoms with E-state index < -0.39 is 0 Å². The van der Waals surface area contributed by atoms with Crippen molar-refractivity contribution in [2.75, 3.05) is 0 Å². The van der Waals surface area contributed by atoms with Crippen molar-refractivity contribution in [1.29, 1.82) is 0 Å². The summed E-state index contributed by atoms with van der Waals surface area (Å²) in [7, 11) is 0. The molecule has 0 spiro atoms. The minimum atomic E-state index is 0.909. The molecule has 3 aromatic rings. The summed E-state index contributed by atoms with van der Waals surface area (Å²) in [6, 6.07) is 12.5. The number of fused-ring (bicyclic) bond motifs is 3. The molecule has 1 heterocycles. The van der Waals surface area contributed by atoms with Gasteiger partial charge < -0.3 is 4.57 Å². The first-order valence-corrected chi connectivity index (χ1v) is 7.77. The molecule has 1 nitrogen and oxygen atoms in total. The zero-order valence-electron chi connectivity index (χ0n) is 12.9. The van der Waals surface area contributed by atoms with Crippen LogP contribution in [0.2, 0.25) is 0 Å². The Balaban J connectivity index is 2.27. The lowest BCUT2D eigenvalue weighted by atomic mass is 10.1. The van der Waals surface area contributed by atoms with E-state index in [0.29, 0.717) is 0 Å². The number of aromatic nitrogens is 1. The van der Waals surface area contributed by atoms with Crippen LogP contribution in [0.1, 0.15) is 37.3 Å². The van der Waals surface area contributed by atoms with Gasteiger partial charge in [0.15, 0.2) is 0 Å². The molecule has 0 N–H and O–H groups in total. The third-order valence-corrected chi connectivity index (χ3v) is 4.18. The van der Waals surface area contributed by atoms with Crippen molar-refractivity contribution < 1.29 is 0 Å². The molecule has 108 valence electrons. The Morgan fingerprint density at radius 1 is 0.864 bits per heavy atom. The van der Waals surface area contributed by atoms with Crippen LogP contribution in [-0.4, -0.2) is 4.57 Å². The van der Waals surface area contributed by atoms with E-state index in [1.165, 1.54) is 41.1 Å². The van der Waals surface area contributed by atoms with Crippen LogP contribution >= 0.6 is 0 Å². The molecule has 0 amide bonds. The molecule has 0 bridgehead atoms. The average Bonchev–Trinajstić information content (AvgIpc) is 2.87. The van der Waals surface area contributed by atoms with Crippen LogP contribution < -0.4 is 0 Å². The van der Waals surface area contributed by atoms with Crippen molar-refractivity contribution in [3.05, 3.63) is 47.5 Å². The highest BCUT2D eigenvalue weighted by atomic mass is 15.0. The molecule has 0 radical (unpaired) electrons. The van der Waals surface area contributed by atoms with Gasteiger partial charge in [-0.2, -0.15) is 0 Å². The predicted octanol–water partition coefficient (Wildman–Crippen LogP) is 4.95. The van der Waals surface area contributed by atoms with Crippen molar-refractivity contribution in [2.24, 2.45) is 0 Å². The highest BCUT2D eigenvalue weighted by molar-refractivity contribution is 6.08. The first-order valence-electron chi connectivity index (χ1n) is 7.77. The zero-order chi connectivity index (χ0) is 15.5. The fraction of sp³-hybridized carbons (Fsp3) is 0.238. The van der Waals surface area contributed by atoms with Gasteiger partial charge in [0.2, 0.25) is 0 Å². The lowest BCUT2D eigenvalue weighted by Crippen LogP contribution is -1.97. The van der Waals surface area contributed by atoms with Crippen LogP contribution in [0.5, 0.6) is 0 Å². The van der Waals surface area contributed by atoms with Crippen molar-refractivity contribution in [3.63, 3.8) is 0 Å². The predicted molar refractivity (Wildman–Crippen MR) is 94.8 cm³/mol. The van der Waals surface area contributed by atoms with Crippen LogP contribution in [0.15, 0.2) is 36.4 Å². The summed E-state index contributed by atoms with van der Waals surface area (Å²) in [6.07, 6.45) is 14.8. The molecular formula is C21H19N. The summed E-state index contributed by atoms with van der Waals surface area (Å²) >= 11 is 0. The molecule has 0 atom stereocenters. The fourth-order valence-electron chi connectivity index (χ4n) is 3.04. The standard InChI is InChI=1S/C21H19N/c1-4-7-8-13-22-20-11-9-16(5-2)14-18(20)19-15-17(6-3)10-12-21(19)22/h2-3,9-12,14-15H,4,7-8,13H2,1H3. The minimum absolute atomic E-state index is 0.909. The second-order valence-corrected chi connectivity index (χ2v) is 5.61. The topological polar surface area (TPSA) is 4.93 Å². The third kappa shape index (κ3) is 2.36. The van der Waals surface area contributed by atoms with Crippen LogP contribution in [-0.2, 0) is 6.54 Å². The van der Waals surface area contributed by atoms with Gasteiger partial charge in [-0.1, -0.05) is 31.6 Å². The summed E-state index contributed by atoms with van der Waals surface area (Å²) in [5, 5.41) is 2.39. The maximum absolute atomic E-state index is 5.56. The molecule has 0 saturated heterocycles. The molecule has 0 aliphatic carbocycles. The second kappa shape index (κ2) is 6.00. The van der Waals surface area contributed by atoms with Gasteiger partial charge in [0.1, 0.15) is 0 Å². The third-order valence-electron chi connectivity index (χ3n) is 4.18. The lowest BCUT2D eigenvalue weighted by molar-refractivity contribution is 0.627. The van der Waals surface area contributed by atoms with Gasteiger partial charge in [-0.25, -0.2) is 0 Å². The van der Waals surface area contributed by atoms with Gasteiger partial charge in [-0.3, -0.25) is 0 Å². The summed E-state index contributed by atoms with van der Waals surface area (Å²) in [5.74, 6) is 5.45. The van der Waals surface area contributed by atoms with E-state index in [1.807, 2.05) is 12.1 Å². The van der Waals surface area contributed by atoms with E-state index >= 15 is 0 Å². The number of hydrogen-bond acceptors (Lipinski definition) is 0. The fourth-order valence-corrected chi connectivity index (χ4v) is 3.04. The summed E-state index contributed by atoms with van der Waals surface area (Å²) in [4.78, 5) is 0. The highest BCUT2D eigenvalue weighted by Gasteiger charge is 2.11. The van der Waals surface area contributed by atoms with E-state index in [-0.39, 0.29) is 0 Å². The molecular weight excluding hydrogens is 266 g/mol. The Morgan fingerprint density at radius 3 is 1.86 bits per heavy atom. The van der Waals surface area contributed by atoms with Crippen LogP contribution in [0, 0.1) is 24.7 Å². The van der Waals surface area contributed by atoms with Crippen molar-refractivity contribution >= 4 is 21.8 Å². The lowest BCUT2D eigenvalue weighted by Gasteiger charge is -2.07. The van der Waals surface area contributed by atoms with Crippen LogP contribution in [0.4, 0.5) is 0 Å². The first kappa shape index (κ1) is 14.3. The maximum Gasteiger partial charge on any atom is 0.0492 e. The molecule has 2 aromatic carbocycles. The molecule has 0 aliphatic rings. The van der Waals surface area contributed by atoms with Crippen molar-refractivity contribution in [2.45, 2.75) is 32.7 Å². The number of nitrogens with zero attached hydrogens (tertiary/aromatic N) is 1. The first-order chi connectivity index (χ1) is 10.8. The molecule has 0 aliphatic heterocycles. The molecule has 0 unspecified atom stereocenters. The van der Waals surface area contributed by atoms with E-state index in [0.717, 1.165) is 17.7 Å². The molecule has 22 heavy (non-hydrogen) atoms. The number of aryl methyl sites for hydroxylation is 1. The van der Waals surface area contributed by atoms with E-state index in [1.54, 1.807) is 0 Å². The van der Waals surface area contributed by atoms with E-state index in [9.17, 15) is 0 Å². The Bertz CT molecular complexity index is 842. The molecule has 0 fully saturated rings. The summed E-state index contributed by atoms with van der Waals surface area (Å²) in [6.45, 7) is 3.25. The molecule has 3 rings (SSSR count).